The lowest BCUT2D eigenvalue weighted by molar-refractivity contribution is 0.277. The van der Waals surface area contributed by atoms with Gasteiger partial charge in [-0.25, -0.2) is 4.39 Å². The van der Waals surface area contributed by atoms with E-state index in [1.54, 1.807) is 12.4 Å². The number of nitriles is 1. The maximum absolute atomic E-state index is 15.3. The van der Waals surface area contributed by atoms with Gasteiger partial charge in [0.1, 0.15) is 18.4 Å². The van der Waals surface area contributed by atoms with Crippen LogP contribution in [-0.2, 0) is 6.42 Å². The van der Waals surface area contributed by atoms with Crippen LogP contribution in [0.5, 0.6) is 5.75 Å². The van der Waals surface area contributed by atoms with Crippen LogP contribution in [-0.4, -0.2) is 24.2 Å². The van der Waals surface area contributed by atoms with Gasteiger partial charge in [0.05, 0.1) is 23.0 Å². The van der Waals surface area contributed by atoms with Crippen LogP contribution in [0.4, 0.5) is 21.5 Å². The van der Waals surface area contributed by atoms with Gasteiger partial charge < -0.3 is 20.7 Å². The molecule has 0 aliphatic carbocycles. The summed E-state index contributed by atoms with van der Waals surface area (Å²) in [5.74, 6) is -0.161. The molecule has 0 radical (unpaired) electrons. The lowest BCUT2D eigenvalue weighted by Gasteiger charge is -2.40. The van der Waals surface area contributed by atoms with Crippen molar-refractivity contribution in [3.05, 3.63) is 59.3 Å². The van der Waals surface area contributed by atoms with E-state index in [0.29, 0.717) is 41.3 Å². The highest BCUT2D eigenvalue weighted by Gasteiger charge is 2.37. The van der Waals surface area contributed by atoms with Crippen molar-refractivity contribution in [2.75, 3.05) is 29.1 Å². The summed E-state index contributed by atoms with van der Waals surface area (Å²) in [5, 5.41) is 12.6. The van der Waals surface area contributed by atoms with Crippen LogP contribution < -0.4 is 20.7 Å². The molecule has 0 fully saturated rings. The first kappa shape index (κ1) is 19.8. The molecule has 0 saturated heterocycles. The van der Waals surface area contributed by atoms with Gasteiger partial charge in [-0.05, 0) is 43.9 Å². The van der Waals surface area contributed by atoms with Crippen LogP contribution in [0.25, 0.3) is 5.57 Å². The number of nitrogens with zero attached hydrogens (tertiary/aromatic N) is 3. The van der Waals surface area contributed by atoms with E-state index in [1.807, 2.05) is 30.9 Å². The van der Waals surface area contributed by atoms with Crippen molar-refractivity contribution in [3.63, 3.8) is 0 Å². The maximum Gasteiger partial charge on any atom is 0.173 e. The fraction of sp³-hybridized carbons (Fsp3) is 0.304. The minimum atomic E-state index is -0.576. The molecule has 154 valence electrons. The van der Waals surface area contributed by atoms with E-state index in [4.69, 9.17) is 10.5 Å². The molecule has 0 saturated carbocycles. The minimum Gasteiger partial charge on any atom is -0.487 e. The van der Waals surface area contributed by atoms with E-state index in [2.05, 4.69) is 22.9 Å². The predicted molar refractivity (Wildman–Crippen MR) is 117 cm³/mol. The third-order valence-corrected chi connectivity index (χ3v) is 5.63. The van der Waals surface area contributed by atoms with Gasteiger partial charge in [0.15, 0.2) is 11.6 Å². The van der Waals surface area contributed by atoms with Crippen molar-refractivity contribution in [2.24, 2.45) is 0 Å². The zero-order chi connectivity index (χ0) is 21.4. The van der Waals surface area contributed by atoms with Crippen LogP contribution in [0, 0.1) is 24.1 Å². The largest absolute Gasteiger partial charge is 0.487 e. The summed E-state index contributed by atoms with van der Waals surface area (Å²) in [7, 11) is 0. The SMILES string of the molecule is C=C1C(C#N)=CN2c3c(c(NCCCc4ncccc4C)c(F)c(N)c31)OC[C@@H]2C. The van der Waals surface area contributed by atoms with Crippen molar-refractivity contribution in [2.45, 2.75) is 32.7 Å². The Balaban J connectivity index is 1.64. The number of benzene rings is 1. The number of hydrogen-bond acceptors (Lipinski definition) is 6. The fourth-order valence-corrected chi connectivity index (χ4v) is 3.95. The molecule has 0 bridgehead atoms. The second-order valence-corrected chi connectivity index (χ2v) is 7.65. The third-order valence-electron chi connectivity index (χ3n) is 5.63. The van der Waals surface area contributed by atoms with Crippen LogP contribution in [0.15, 0.2) is 36.7 Å². The van der Waals surface area contributed by atoms with Gasteiger partial charge in [0.2, 0.25) is 0 Å². The Morgan fingerprint density at radius 1 is 1.50 bits per heavy atom. The first-order valence-corrected chi connectivity index (χ1v) is 9.96. The normalized spacial score (nSPS) is 17.0. The molecule has 1 atom stereocenters. The molecule has 2 aromatic rings. The van der Waals surface area contributed by atoms with Crippen LogP contribution in [0.2, 0.25) is 0 Å². The molecule has 1 aromatic heterocycles. The second-order valence-electron chi connectivity index (χ2n) is 7.65. The van der Waals surface area contributed by atoms with Crippen LogP contribution in [0.1, 0.15) is 30.2 Å². The Hall–Kier alpha value is -3.53. The van der Waals surface area contributed by atoms with E-state index in [1.165, 1.54) is 0 Å². The van der Waals surface area contributed by atoms with Gasteiger partial charge in [-0.15, -0.1) is 0 Å². The average molecular weight is 405 g/mol. The van der Waals surface area contributed by atoms with Gasteiger partial charge in [0.25, 0.3) is 0 Å². The monoisotopic (exact) mass is 405 g/mol. The summed E-state index contributed by atoms with van der Waals surface area (Å²) in [4.78, 5) is 6.33. The molecule has 0 unspecified atom stereocenters. The Kier molecular flexibility index (Phi) is 5.08. The zero-order valence-corrected chi connectivity index (χ0v) is 17.1. The number of aromatic nitrogens is 1. The topological polar surface area (TPSA) is 87.2 Å². The molecule has 3 heterocycles. The van der Waals surface area contributed by atoms with E-state index >= 15 is 4.39 Å². The lowest BCUT2D eigenvalue weighted by Crippen LogP contribution is -2.40. The average Bonchev–Trinajstić information content (AvgIpc) is 2.74. The third kappa shape index (κ3) is 3.14. The molecule has 2 aliphatic heterocycles. The van der Waals surface area contributed by atoms with Gasteiger partial charge >= 0.3 is 0 Å². The highest BCUT2D eigenvalue weighted by molar-refractivity contribution is 6.01. The molecule has 2 aliphatic rings. The van der Waals surface area contributed by atoms with Gasteiger partial charge in [-0.3, -0.25) is 4.98 Å². The Labute approximate surface area is 175 Å². The highest BCUT2D eigenvalue weighted by atomic mass is 19.1. The van der Waals surface area contributed by atoms with Crippen LogP contribution >= 0.6 is 0 Å². The highest BCUT2D eigenvalue weighted by Crippen LogP contribution is 2.52. The van der Waals surface area contributed by atoms with Gasteiger partial charge in [0, 0.05) is 30.2 Å². The van der Waals surface area contributed by atoms with Gasteiger partial charge in [-0.1, -0.05) is 12.6 Å². The van der Waals surface area contributed by atoms with E-state index in [0.717, 1.165) is 24.1 Å². The molecule has 1 aromatic carbocycles. The number of pyridine rings is 1. The first-order chi connectivity index (χ1) is 14.4. The van der Waals surface area contributed by atoms with Crippen molar-refractivity contribution in [1.29, 1.82) is 5.26 Å². The quantitative estimate of drug-likeness (QED) is 0.573. The Bertz CT molecular complexity index is 1100. The lowest BCUT2D eigenvalue weighted by atomic mass is 9.90. The summed E-state index contributed by atoms with van der Waals surface area (Å²) in [6.07, 6.45) is 5.08. The molecule has 0 spiro atoms. The fourth-order valence-electron chi connectivity index (χ4n) is 3.95. The van der Waals surface area contributed by atoms with E-state index in [-0.39, 0.29) is 17.4 Å². The number of halogens is 1. The number of nitrogen functional groups attached to an aromatic ring is 1. The van der Waals surface area contributed by atoms with Crippen LogP contribution in [0.3, 0.4) is 0 Å². The first-order valence-electron chi connectivity index (χ1n) is 9.96. The van der Waals surface area contributed by atoms with E-state index in [9.17, 15) is 5.26 Å². The number of aryl methyl sites for hydroxylation is 2. The molecular weight excluding hydrogens is 381 g/mol. The number of anilines is 3. The summed E-state index contributed by atoms with van der Waals surface area (Å²) in [6, 6.07) is 6.05. The zero-order valence-electron chi connectivity index (χ0n) is 17.1. The number of nitrogens with two attached hydrogens (primary N) is 1. The molecule has 6 nitrogen and oxygen atoms in total. The number of allylic oxidation sites excluding steroid dienone is 2. The summed E-state index contributed by atoms with van der Waals surface area (Å²) < 4.78 is 21.2. The van der Waals surface area contributed by atoms with Gasteiger partial charge in [-0.2, -0.15) is 5.26 Å². The molecule has 0 amide bonds. The smallest absolute Gasteiger partial charge is 0.173 e. The van der Waals surface area contributed by atoms with Crippen molar-refractivity contribution in [3.8, 4) is 11.8 Å². The van der Waals surface area contributed by atoms with E-state index < -0.39 is 5.82 Å². The summed E-state index contributed by atoms with van der Waals surface area (Å²) in [5.41, 5.74) is 10.5. The summed E-state index contributed by atoms with van der Waals surface area (Å²) >= 11 is 0. The Morgan fingerprint density at radius 2 is 2.30 bits per heavy atom. The second kappa shape index (κ2) is 7.71. The maximum atomic E-state index is 15.3. The minimum absolute atomic E-state index is 0.0162. The molecule has 7 heteroatoms. The molecule has 4 rings (SSSR count). The molecular formula is C23H24FN5O. The summed E-state index contributed by atoms with van der Waals surface area (Å²) in [6.45, 7) is 8.89. The Morgan fingerprint density at radius 3 is 3.03 bits per heavy atom. The predicted octanol–water partition coefficient (Wildman–Crippen LogP) is 4.18. The number of ether oxygens (including phenoxy) is 1. The van der Waals surface area contributed by atoms with Crippen molar-refractivity contribution in [1.82, 2.24) is 4.98 Å². The standard InChI is InChI=1S/C23H24FN5O/c1-13-6-4-8-27-17(13)7-5-9-28-21-19(24)20(26)18-15(3)16(10-25)11-29-14(2)12-30-23(21)22(18)29/h4,6,8,11,14,28H,3,5,7,9,12,26H2,1-2H3/t14-/m0/s1. The molecule has 3 N–H and O–H groups in total. The van der Waals surface area contributed by atoms with Crippen molar-refractivity contribution < 1.29 is 9.13 Å². The molecule has 30 heavy (non-hydrogen) atoms. The van der Waals surface area contributed by atoms with Crippen molar-refractivity contribution >= 4 is 22.6 Å². The number of nitrogens with one attached hydrogen (secondary N) is 1. The number of rotatable bonds is 5. The number of hydrogen-bond donors (Lipinski definition) is 2.